The summed E-state index contributed by atoms with van der Waals surface area (Å²) < 4.78 is 5.11. The first-order chi connectivity index (χ1) is 8.22. The highest BCUT2D eigenvalue weighted by molar-refractivity contribution is 5.69. The molecule has 0 atom stereocenters. The van der Waals surface area contributed by atoms with Gasteiger partial charge >= 0.3 is 5.97 Å². The van der Waals surface area contributed by atoms with Crippen molar-refractivity contribution in [2.24, 2.45) is 0 Å². The summed E-state index contributed by atoms with van der Waals surface area (Å²) in [6, 6.07) is 9.59. The van der Waals surface area contributed by atoms with E-state index in [1.54, 1.807) is 0 Å². The van der Waals surface area contributed by atoms with Gasteiger partial charge in [0.05, 0.1) is 6.61 Å². The summed E-state index contributed by atoms with van der Waals surface area (Å²) in [5.41, 5.74) is 1.86. The SMILES string of the molecule is C/C(=C/CCC(=O)OCc1ccccc1)CO. The van der Waals surface area contributed by atoms with E-state index in [2.05, 4.69) is 0 Å². The highest BCUT2D eigenvalue weighted by Crippen LogP contribution is 2.04. The molecule has 1 N–H and O–H groups in total. The van der Waals surface area contributed by atoms with Crippen LogP contribution in [0.4, 0.5) is 0 Å². The molecule has 1 aromatic rings. The number of hydrogen-bond donors (Lipinski definition) is 1. The van der Waals surface area contributed by atoms with E-state index in [1.165, 1.54) is 0 Å². The number of esters is 1. The molecule has 3 nitrogen and oxygen atoms in total. The summed E-state index contributed by atoms with van der Waals surface area (Å²) in [7, 11) is 0. The predicted molar refractivity (Wildman–Crippen MR) is 66.3 cm³/mol. The summed E-state index contributed by atoms with van der Waals surface area (Å²) >= 11 is 0. The standard InChI is InChI=1S/C14H18O3/c1-12(10-15)6-5-9-14(16)17-11-13-7-3-2-4-8-13/h2-4,6-8,15H,5,9-11H2,1H3/b12-6-. The van der Waals surface area contributed by atoms with Crippen LogP contribution in [0.5, 0.6) is 0 Å². The highest BCUT2D eigenvalue weighted by atomic mass is 16.5. The molecule has 1 aromatic carbocycles. The summed E-state index contributed by atoms with van der Waals surface area (Å²) in [6.07, 6.45) is 2.81. The van der Waals surface area contributed by atoms with Crippen LogP contribution in [0, 0.1) is 0 Å². The molecule has 0 radical (unpaired) electrons. The minimum atomic E-state index is -0.212. The fraction of sp³-hybridized carbons (Fsp3) is 0.357. The molecule has 0 saturated heterocycles. The Morgan fingerprint density at radius 2 is 2.06 bits per heavy atom. The fourth-order valence-electron chi connectivity index (χ4n) is 1.31. The monoisotopic (exact) mass is 234 g/mol. The quantitative estimate of drug-likeness (QED) is 0.607. The van der Waals surface area contributed by atoms with Gasteiger partial charge in [-0.1, -0.05) is 42.0 Å². The van der Waals surface area contributed by atoms with Crippen molar-refractivity contribution in [3.63, 3.8) is 0 Å². The topological polar surface area (TPSA) is 46.5 Å². The Bertz CT molecular complexity index is 368. The second kappa shape index (κ2) is 7.63. The van der Waals surface area contributed by atoms with E-state index in [1.807, 2.05) is 43.3 Å². The highest BCUT2D eigenvalue weighted by Gasteiger charge is 2.01. The lowest BCUT2D eigenvalue weighted by atomic mass is 10.2. The average Bonchev–Trinajstić information content (AvgIpc) is 2.37. The predicted octanol–water partition coefficient (Wildman–Crippen LogP) is 2.45. The van der Waals surface area contributed by atoms with E-state index >= 15 is 0 Å². The van der Waals surface area contributed by atoms with Crippen LogP contribution in [0.15, 0.2) is 42.0 Å². The Kier molecular flexibility index (Phi) is 6.04. The molecule has 17 heavy (non-hydrogen) atoms. The number of aliphatic hydroxyl groups excluding tert-OH is 1. The lowest BCUT2D eigenvalue weighted by Crippen LogP contribution is -2.03. The molecule has 3 heteroatoms. The maximum atomic E-state index is 11.4. The zero-order valence-corrected chi connectivity index (χ0v) is 10.1. The fourth-order valence-corrected chi connectivity index (χ4v) is 1.31. The normalized spacial score (nSPS) is 11.3. The van der Waals surface area contributed by atoms with Crippen LogP contribution >= 0.6 is 0 Å². The van der Waals surface area contributed by atoms with Crippen LogP contribution in [0.2, 0.25) is 0 Å². The minimum Gasteiger partial charge on any atom is -0.461 e. The van der Waals surface area contributed by atoms with Crippen molar-refractivity contribution in [2.45, 2.75) is 26.4 Å². The molecular formula is C14H18O3. The molecule has 0 heterocycles. The van der Waals surface area contributed by atoms with E-state index in [4.69, 9.17) is 9.84 Å². The van der Waals surface area contributed by atoms with Crippen molar-refractivity contribution < 1.29 is 14.6 Å². The number of benzene rings is 1. The number of hydrogen-bond acceptors (Lipinski definition) is 3. The molecule has 0 amide bonds. The van der Waals surface area contributed by atoms with Crippen molar-refractivity contribution >= 4 is 5.97 Å². The van der Waals surface area contributed by atoms with E-state index in [0.29, 0.717) is 19.4 Å². The number of ether oxygens (including phenoxy) is 1. The molecular weight excluding hydrogens is 216 g/mol. The molecule has 0 saturated carbocycles. The van der Waals surface area contributed by atoms with Crippen LogP contribution in [0.1, 0.15) is 25.3 Å². The van der Waals surface area contributed by atoms with Crippen molar-refractivity contribution in [2.75, 3.05) is 6.61 Å². The van der Waals surface area contributed by atoms with Gasteiger partial charge in [0.15, 0.2) is 0 Å². The summed E-state index contributed by atoms with van der Waals surface area (Å²) in [5, 5.41) is 8.77. The molecule has 0 aliphatic heterocycles. The average molecular weight is 234 g/mol. The first-order valence-electron chi connectivity index (χ1n) is 5.68. The van der Waals surface area contributed by atoms with Gasteiger partial charge in [-0.2, -0.15) is 0 Å². The Labute approximate surface area is 102 Å². The van der Waals surface area contributed by atoms with Gasteiger partial charge in [0.2, 0.25) is 0 Å². The molecule has 0 fully saturated rings. The minimum absolute atomic E-state index is 0.0407. The Hall–Kier alpha value is -1.61. The van der Waals surface area contributed by atoms with Gasteiger partial charge in [-0.15, -0.1) is 0 Å². The zero-order valence-electron chi connectivity index (χ0n) is 10.1. The summed E-state index contributed by atoms with van der Waals surface area (Å²) in [4.78, 5) is 11.4. The van der Waals surface area contributed by atoms with Gasteiger partial charge < -0.3 is 9.84 Å². The second-order valence-corrected chi connectivity index (χ2v) is 3.89. The van der Waals surface area contributed by atoms with Crippen molar-refractivity contribution in [3.8, 4) is 0 Å². The summed E-state index contributed by atoms with van der Waals surface area (Å²) in [5.74, 6) is -0.212. The van der Waals surface area contributed by atoms with Crippen LogP contribution in [0.3, 0.4) is 0 Å². The maximum Gasteiger partial charge on any atom is 0.306 e. The molecule has 0 aliphatic carbocycles. The lowest BCUT2D eigenvalue weighted by Gasteiger charge is -2.03. The van der Waals surface area contributed by atoms with Gasteiger partial charge in [0, 0.05) is 6.42 Å². The first kappa shape index (κ1) is 13.5. The molecule has 0 aromatic heterocycles. The number of rotatable bonds is 6. The van der Waals surface area contributed by atoms with Crippen molar-refractivity contribution in [3.05, 3.63) is 47.5 Å². The Morgan fingerprint density at radius 1 is 1.35 bits per heavy atom. The number of carbonyl (C=O) groups is 1. The van der Waals surface area contributed by atoms with Crippen molar-refractivity contribution in [1.82, 2.24) is 0 Å². The van der Waals surface area contributed by atoms with Gasteiger partial charge in [0.1, 0.15) is 6.61 Å². The number of aliphatic hydroxyl groups is 1. The van der Waals surface area contributed by atoms with Gasteiger partial charge in [-0.3, -0.25) is 4.79 Å². The molecule has 92 valence electrons. The number of allylic oxidation sites excluding steroid dienone is 1. The third-order valence-corrected chi connectivity index (χ3v) is 2.33. The maximum absolute atomic E-state index is 11.4. The second-order valence-electron chi connectivity index (χ2n) is 3.89. The summed E-state index contributed by atoms with van der Waals surface area (Å²) in [6.45, 7) is 2.19. The van der Waals surface area contributed by atoms with Gasteiger partial charge in [0.25, 0.3) is 0 Å². The molecule has 0 aliphatic rings. The third kappa shape index (κ3) is 5.88. The van der Waals surface area contributed by atoms with Gasteiger partial charge in [-0.05, 0) is 18.9 Å². The Balaban J connectivity index is 2.22. The molecule has 0 bridgehead atoms. The van der Waals surface area contributed by atoms with E-state index < -0.39 is 0 Å². The van der Waals surface area contributed by atoms with Gasteiger partial charge in [-0.25, -0.2) is 0 Å². The largest absolute Gasteiger partial charge is 0.461 e. The van der Waals surface area contributed by atoms with Crippen LogP contribution < -0.4 is 0 Å². The Morgan fingerprint density at radius 3 is 2.71 bits per heavy atom. The van der Waals surface area contributed by atoms with E-state index in [0.717, 1.165) is 11.1 Å². The molecule has 0 unspecified atom stereocenters. The molecule has 1 rings (SSSR count). The van der Waals surface area contributed by atoms with E-state index in [-0.39, 0.29) is 12.6 Å². The number of carbonyl (C=O) groups excluding carboxylic acids is 1. The zero-order chi connectivity index (χ0) is 12.5. The van der Waals surface area contributed by atoms with Crippen LogP contribution in [-0.2, 0) is 16.1 Å². The van der Waals surface area contributed by atoms with Crippen molar-refractivity contribution in [1.29, 1.82) is 0 Å². The van der Waals surface area contributed by atoms with Crippen LogP contribution in [-0.4, -0.2) is 17.7 Å². The van der Waals surface area contributed by atoms with E-state index in [9.17, 15) is 4.79 Å². The van der Waals surface area contributed by atoms with Crippen LogP contribution in [0.25, 0.3) is 0 Å². The lowest BCUT2D eigenvalue weighted by molar-refractivity contribution is -0.144. The molecule has 0 spiro atoms. The first-order valence-corrected chi connectivity index (χ1v) is 5.68. The smallest absolute Gasteiger partial charge is 0.306 e. The third-order valence-electron chi connectivity index (χ3n) is 2.33.